The molecule has 0 unspecified atom stereocenters. The molecule has 2 N–H and O–H groups in total. The summed E-state index contributed by atoms with van der Waals surface area (Å²) in [7, 11) is 0. The summed E-state index contributed by atoms with van der Waals surface area (Å²) in [5, 5.41) is 11.6. The Morgan fingerprint density at radius 2 is 2.04 bits per heavy atom. The van der Waals surface area contributed by atoms with E-state index in [1.54, 1.807) is 23.5 Å². The van der Waals surface area contributed by atoms with Gasteiger partial charge in [0.15, 0.2) is 6.61 Å². The first-order valence-electron chi connectivity index (χ1n) is 7.57. The van der Waals surface area contributed by atoms with Gasteiger partial charge in [-0.2, -0.15) is 18.3 Å². The number of halogens is 3. The zero-order valence-electron chi connectivity index (χ0n) is 13.3. The molecule has 2 heterocycles. The topological polar surface area (TPSA) is 67.0 Å². The van der Waals surface area contributed by atoms with Gasteiger partial charge >= 0.3 is 6.18 Å². The zero-order chi connectivity index (χ0) is 18.6. The van der Waals surface area contributed by atoms with E-state index in [1.165, 1.54) is 18.2 Å². The molecule has 5 nitrogen and oxygen atoms in total. The summed E-state index contributed by atoms with van der Waals surface area (Å²) in [5.41, 5.74) is 1.47. The lowest BCUT2D eigenvalue weighted by Crippen LogP contribution is -2.25. The van der Waals surface area contributed by atoms with Crippen molar-refractivity contribution in [2.45, 2.75) is 12.7 Å². The van der Waals surface area contributed by atoms with E-state index in [9.17, 15) is 18.0 Å². The molecule has 1 aromatic carbocycles. The summed E-state index contributed by atoms with van der Waals surface area (Å²) in [4.78, 5) is 13.3. The molecule has 2 aromatic heterocycles. The van der Waals surface area contributed by atoms with Crippen molar-refractivity contribution < 1.29 is 22.7 Å². The van der Waals surface area contributed by atoms with Crippen LogP contribution in [-0.4, -0.2) is 28.9 Å². The maximum Gasteiger partial charge on any atom is 0.422 e. The predicted molar refractivity (Wildman–Crippen MR) is 91.1 cm³/mol. The maximum atomic E-state index is 12.3. The molecular weight excluding hydrogens is 367 g/mol. The summed E-state index contributed by atoms with van der Waals surface area (Å²) < 4.78 is 41.7. The molecule has 0 aliphatic heterocycles. The minimum Gasteiger partial charge on any atom is -0.483 e. The van der Waals surface area contributed by atoms with E-state index in [2.05, 4.69) is 15.5 Å². The van der Waals surface area contributed by atoms with Gasteiger partial charge in [0, 0.05) is 0 Å². The third-order valence-corrected chi connectivity index (χ3v) is 4.27. The second kappa shape index (κ2) is 7.61. The Labute approximate surface area is 150 Å². The lowest BCUT2D eigenvalue weighted by Gasteiger charge is -2.12. The number of nitrogens with zero attached hydrogens (tertiary/aromatic N) is 1. The first-order chi connectivity index (χ1) is 12.4. The van der Waals surface area contributed by atoms with Crippen molar-refractivity contribution in [1.29, 1.82) is 0 Å². The average Bonchev–Trinajstić information content (AvgIpc) is 3.28. The standard InChI is InChI=1S/C17H14F3N3O2S/c18-17(19,20)10-25-14-5-2-1-4-12(14)16(24)21-9-11-8-13(23-22-11)15-6-3-7-26-15/h1-8H,9-10H2,(H,21,24)(H,22,23). The number of H-pyrrole nitrogens is 1. The van der Waals surface area contributed by atoms with Crippen molar-refractivity contribution in [3.05, 3.63) is 59.1 Å². The number of hydrogen-bond donors (Lipinski definition) is 2. The Kier molecular flexibility index (Phi) is 5.27. The van der Waals surface area contributed by atoms with Gasteiger partial charge in [0.25, 0.3) is 5.91 Å². The number of amides is 1. The van der Waals surface area contributed by atoms with Gasteiger partial charge in [-0.3, -0.25) is 9.89 Å². The normalized spacial score (nSPS) is 11.3. The smallest absolute Gasteiger partial charge is 0.422 e. The molecule has 0 aliphatic rings. The van der Waals surface area contributed by atoms with Crippen molar-refractivity contribution >= 4 is 17.2 Å². The van der Waals surface area contributed by atoms with Gasteiger partial charge < -0.3 is 10.1 Å². The number of ether oxygens (including phenoxy) is 1. The lowest BCUT2D eigenvalue weighted by molar-refractivity contribution is -0.153. The molecule has 3 aromatic rings. The Morgan fingerprint density at radius 1 is 1.23 bits per heavy atom. The summed E-state index contributed by atoms with van der Waals surface area (Å²) in [6.07, 6.45) is -4.48. The van der Waals surface area contributed by atoms with E-state index in [0.29, 0.717) is 5.69 Å². The molecular formula is C17H14F3N3O2S. The number of hydrogen-bond acceptors (Lipinski definition) is 4. The molecule has 26 heavy (non-hydrogen) atoms. The summed E-state index contributed by atoms with van der Waals surface area (Å²) in [5.74, 6) is -0.660. The first-order valence-corrected chi connectivity index (χ1v) is 8.45. The minimum atomic E-state index is -4.48. The van der Waals surface area contributed by atoms with Crippen molar-refractivity contribution in [1.82, 2.24) is 15.5 Å². The van der Waals surface area contributed by atoms with Crippen LogP contribution in [0.2, 0.25) is 0 Å². The summed E-state index contributed by atoms with van der Waals surface area (Å²) in [6, 6.07) is 11.4. The van der Waals surface area contributed by atoms with Crippen LogP contribution in [0.5, 0.6) is 5.75 Å². The molecule has 0 fully saturated rings. The molecule has 0 saturated heterocycles. The second-order valence-electron chi connectivity index (χ2n) is 5.33. The largest absolute Gasteiger partial charge is 0.483 e. The lowest BCUT2D eigenvalue weighted by atomic mass is 10.2. The number of aromatic amines is 1. The third kappa shape index (κ3) is 4.63. The highest BCUT2D eigenvalue weighted by molar-refractivity contribution is 7.13. The maximum absolute atomic E-state index is 12.3. The van der Waals surface area contributed by atoms with Gasteiger partial charge in [0.1, 0.15) is 5.75 Å². The molecule has 0 saturated carbocycles. The van der Waals surface area contributed by atoms with Crippen LogP contribution in [0.3, 0.4) is 0 Å². The van der Waals surface area contributed by atoms with Crippen LogP contribution in [0.4, 0.5) is 13.2 Å². The zero-order valence-corrected chi connectivity index (χ0v) is 14.2. The van der Waals surface area contributed by atoms with Crippen molar-refractivity contribution in [3.63, 3.8) is 0 Å². The van der Waals surface area contributed by atoms with Crippen LogP contribution in [-0.2, 0) is 6.54 Å². The number of aromatic nitrogens is 2. The number of para-hydroxylation sites is 1. The van der Waals surface area contributed by atoms with E-state index in [4.69, 9.17) is 4.74 Å². The Hall–Kier alpha value is -2.81. The number of carbonyl (C=O) groups is 1. The van der Waals surface area contributed by atoms with Crippen molar-refractivity contribution in [2.75, 3.05) is 6.61 Å². The fourth-order valence-corrected chi connectivity index (χ4v) is 2.91. The summed E-state index contributed by atoms with van der Waals surface area (Å²) in [6.45, 7) is -1.32. The van der Waals surface area contributed by atoms with E-state index < -0.39 is 18.7 Å². The van der Waals surface area contributed by atoms with Crippen molar-refractivity contribution in [3.8, 4) is 16.3 Å². The monoisotopic (exact) mass is 381 g/mol. The fraction of sp³-hybridized carbons (Fsp3) is 0.176. The van der Waals surface area contributed by atoms with Gasteiger partial charge in [-0.05, 0) is 29.6 Å². The molecule has 0 radical (unpaired) electrons. The van der Waals surface area contributed by atoms with E-state index in [-0.39, 0.29) is 17.9 Å². The van der Waals surface area contributed by atoms with Crippen LogP contribution in [0.1, 0.15) is 16.1 Å². The Bertz CT molecular complexity index is 876. The molecule has 0 atom stereocenters. The highest BCUT2D eigenvalue weighted by Gasteiger charge is 2.29. The van der Waals surface area contributed by atoms with E-state index in [0.717, 1.165) is 10.6 Å². The van der Waals surface area contributed by atoms with Gasteiger partial charge in [-0.1, -0.05) is 18.2 Å². The van der Waals surface area contributed by atoms with Gasteiger partial charge in [-0.25, -0.2) is 0 Å². The Balaban J connectivity index is 1.63. The number of carbonyl (C=O) groups excluding carboxylic acids is 1. The SMILES string of the molecule is O=C(NCc1cc(-c2cccs2)[nH]n1)c1ccccc1OCC(F)(F)F. The molecule has 0 spiro atoms. The van der Waals surface area contributed by atoms with E-state index in [1.807, 2.05) is 17.5 Å². The predicted octanol–water partition coefficient (Wildman–Crippen LogP) is 4.01. The molecule has 0 bridgehead atoms. The van der Waals surface area contributed by atoms with Gasteiger partial charge in [0.2, 0.25) is 0 Å². The highest BCUT2D eigenvalue weighted by Crippen LogP contribution is 2.24. The average molecular weight is 381 g/mol. The summed E-state index contributed by atoms with van der Waals surface area (Å²) >= 11 is 1.55. The third-order valence-electron chi connectivity index (χ3n) is 3.37. The van der Waals surface area contributed by atoms with Crippen LogP contribution < -0.4 is 10.1 Å². The molecule has 1 amide bonds. The number of nitrogens with one attached hydrogen (secondary N) is 2. The van der Waals surface area contributed by atoms with Crippen molar-refractivity contribution in [2.24, 2.45) is 0 Å². The number of thiophene rings is 1. The van der Waals surface area contributed by atoms with Crippen LogP contribution in [0.15, 0.2) is 47.8 Å². The van der Waals surface area contributed by atoms with Gasteiger partial charge in [0.05, 0.1) is 28.4 Å². The number of alkyl halides is 3. The quantitative estimate of drug-likeness (QED) is 0.678. The van der Waals surface area contributed by atoms with Crippen LogP contribution >= 0.6 is 11.3 Å². The molecule has 9 heteroatoms. The minimum absolute atomic E-state index is 0.0331. The van der Waals surface area contributed by atoms with Crippen LogP contribution in [0, 0.1) is 0 Å². The van der Waals surface area contributed by atoms with Crippen LogP contribution in [0.25, 0.3) is 10.6 Å². The van der Waals surface area contributed by atoms with E-state index >= 15 is 0 Å². The molecule has 136 valence electrons. The second-order valence-corrected chi connectivity index (χ2v) is 6.28. The first kappa shape index (κ1) is 18.0. The Morgan fingerprint density at radius 3 is 2.77 bits per heavy atom. The highest BCUT2D eigenvalue weighted by atomic mass is 32.1. The number of rotatable bonds is 6. The van der Waals surface area contributed by atoms with Gasteiger partial charge in [-0.15, -0.1) is 11.3 Å². The molecule has 3 rings (SSSR count). The molecule has 0 aliphatic carbocycles. The fourth-order valence-electron chi connectivity index (χ4n) is 2.22. The number of benzene rings is 1.